The fraction of sp³-hybridized carbons (Fsp3) is 0.200. The third kappa shape index (κ3) is 5.61. The molecule has 0 aliphatic carbocycles. The van der Waals surface area contributed by atoms with E-state index in [1.807, 2.05) is 36.4 Å². The second kappa shape index (κ2) is 10.0. The highest BCUT2D eigenvalue weighted by Gasteiger charge is 2.28. The number of carboxylic acid groups (broad SMARTS) is 1. The number of fused-ring (bicyclic) bond motifs is 3. The number of nitrogens with one attached hydrogen (secondary N) is 2. The Morgan fingerprint density at radius 1 is 0.971 bits per heavy atom. The van der Waals surface area contributed by atoms with Crippen LogP contribution in [0.4, 0.5) is 10.5 Å². The first-order chi connectivity index (χ1) is 16.6. The van der Waals surface area contributed by atoms with E-state index in [1.165, 1.54) is 23.5 Å². The summed E-state index contributed by atoms with van der Waals surface area (Å²) in [7, 11) is -4.03. The van der Waals surface area contributed by atoms with E-state index in [1.54, 1.807) is 32.0 Å². The molecule has 4 rings (SSSR count). The third-order valence-corrected chi connectivity index (χ3v) is 7.98. The van der Waals surface area contributed by atoms with Gasteiger partial charge in [-0.05, 0) is 35.7 Å². The van der Waals surface area contributed by atoms with Crippen molar-refractivity contribution in [2.75, 3.05) is 5.32 Å². The maximum Gasteiger partial charge on any atom is 0.411 e. The normalized spacial score (nSPS) is 12.7. The van der Waals surface area contributed by atoms with Crippen LogP contribution >= 0.6 is 11.3 Å². The summed E-state index contributed by atoms with van der Waals surface area (Å²) in [5.74, 6) is -1.64. The van der Waals surface area contributed by atoms with E-state index in [-0.39, 0.29) is 11.5 Å². The molecule has 182 valence electrons. The number of rotatable bonds is 8. The van der Waals surface area contributed by atoms with E-state index >= 15 is 0 Å². The summed E-state index contributed by atoms with van der Waals surface area (Å²) in [6.07, 6.45) is -0.577. The molecule has 8 nitrogen and oxygen atoms in total. The van der Waals surface area contributed by atoms with Gasteiger partial charge in [0.2, 0.25) is 10.0 Å². The predicted molar refractivity (Wildman–Crippen MR) is 136 cm³/mol. The predicted octanol–water partition coefficient (Wildman–Crippen LogP) is 5.19. The van der Waals surface area contributed by atoms with E-state index in [4.69, 9.17) is 4.74 Å². The van der Waals surface area contributed by atoms with Gasteiger partial charge >= 0.3 is 12.1 Å². The van der Waals surface area contributed by atoms with Crippen molar-refractivity contribution in [1.82, 2.24) is 4.72 Å². The van der Waals surface area contributed by atoms with Gasteiger partial charge in [-0.3, -0.25) is 10.1 Å². The quantitative estimate of drug-likeness (QED) is 0.299. The Morgan fingerprint density at radius 3 is 2.29 bits per heavy atom. The Bertz CT molecular complexity index is 1500. The first-order valence-electron chi connectivity index (χ1n) is 10.8. The maximum atomic E-state index is 12.8. The molecule has 0 aliphatic heterocycles. The van der Waals surface area contributed by atoms with Crippen molar-refractivity contribution in [1.29, 1.82) is 0 Å². The molecule has 0 fully saturated rings. The smallest absolute Gasteiger partial charge is 0.411 e. The van der Waals surface area contributed by atoms with Crippen LogP contribution in [0.1, 0.15) is 19.4 Å². The molecular weight excluding hydrogens is 488 g/mol. The minimum absolute atomic E-state index is 0.00806. The van der Waals surface area contributed by atoms with Crippen LogP contribution in [0.5, 0.6) is 0 Å². The second-order valence-electron chi connectivity index (χ2n) is 8.34. The van der Waals surface area contributed by atoms with Crippen molar-refractivity contribution in [3.05, 3.63) is 72.3 Å². The second-order valence-corrected chi connectivity index (χ2v) is 11.1. The van der Waals surface area contributed by atoms with Gasteiger partial charge < -0.3 is 9.84 Å². The zero-order chi connectivity index (χ0) is 25.2. The Morgan fingerprint density at radius 2 is 1.63 bits per heavy atom. The topological polar surface area (TPSA) is 122 Å². The lowest BCUT2D eigenvalue weighted by molar-refractivity contribution is -0.140. The summed E-state index contributed by atoms with van der Waals surface area (Å²) in [5.41, 5.74) is 1.43. The minimum atomic E-state index is -4.03. The number of carbonyl (C=O) groups is 2. The molecule has 0 unspecified atom stereocenters. The van der Waals surface area contributed by atoms with Crippen molar-refractivity contribution in [3.63, 3.8) is 0 Å². The van der Waals surface area contributed by atoms with Crippen LogP contribution < -0.4 is 10.0 Å². The Balaban J connectivity index is 1.54. The van der Waals surface area contributed by atoms with E-state index in [2.05, 4.69) is 10.0 Å². The van der Waals surface area contributed by atoms with Crippen molar-refractivity contribution in [2.24, 2.45) is 5.92 Å². The molecule has 0 radical (unpaired) electrons. The van der Waals surface area contributed by atoms with Crippen molar-refractivity contribution < 1.29 is 27.9 Å². The summed E-state index contributed by atoms with van der Waals surface area (Å²) in [4.78, 5) is 23.6. The lowest BCUT2D eigenvalue weighted by Gasteiger charge is -2.18. The van der Waals surface area contributed by atoms with Gasteiger partial charge in [0, 0.05) is 25.9 Å². The molecule has 3 aromatic carbocycles. The molecule has 1 heterocycles. The molecule has 0 aliphatic rings. The first kappa shape index (κ1) is 24.6. The summed E-state index contributed by atoms with van der Waals surface area (Å²) >= 11 is 1.37. The van der Waals surface area contributed by atoms with E-state index in [9.17, 15) is 23.1 Å². The molecular formula is C25H24N2O6S2. The Kier molecular flexibility index (Phi) is 7.06. The van der Waals surface area contributed by atoms with Gasteiger partial charge in [0.1, 0.15) is 12.6 Å². The monoisotopic (exact) mass is 512 g/mol. The van der Waals surface area contributed by atoms with Crippen molar-refractivity contribution in [2.45, 2.75) is 31.4 Å². The van der Waals surface area contributed by atoms with Crippen LogP contribution in [0.25, 0.3) is 20.2 Å². The van der Waals surface area contributed by atoms with Gasteiger partial charge in [0.25, 0.3) is 0 Å². The lowest BCUT2D eigenvalue weighted by Crippen LogP contribution is -2.44. The summed E-state index contributed by atoms with van der Waals surface area (Å²) in [6, 6.07) is 18.2. The van der Waals surface area contributed by atoms with Gasteiger partial charge in [-0.25, -0.2) is 13.2 Å². The van der Waals surface area contributed by atoms with Gasteiger partial charge in [-0.2, -0.15) is 4.72 Å². The number of benzene rings is 3. The van der Waals surface area contributed by atoms with Gasteiger partial charge in [0.15, 0.2) is 0 Å². The molecule has 0 saturated carbocycles. The number of sulfonamides is 1. The zero-order valence-electron chi connectivity index (χ0n) is 19.0. The largest absolute Gasteiger partial charge is 0.480 e. The van der Waals surface area contributed by atoms with Crippen LogP contribution in [0.15, 0.2) is 71.6 Å². The molecule has 10 heteroatoms. The minimum Gasteiger partial charge on any atom is -0.480 e. The van der Waals surface area contributed by atoms with Crippen molar-refractivity contribution in [3.8, 4) is 0 Å². The van der Waals surface area contributed by atoms with E-state index in [0.29, 0.717) is 5.69 Å². The van der Waals surface area contributed by atoms with Crippen LogP contribution in [0, 0.1) is 5.92 Å². The van der Waals surface area contributed by atoms with Crippen LogP contribution in [-0.2, 0) is 26.2 Å². The van der Waals surface area contributed by atoms with Crippen molar-refractivity contribution >= 4 is 59.3 Å². The molecule has 0 spiro atoms. The molecule has 35 heavy (non-hydrogen) atoms. The number of hydrogen-bond acceptors (Lipinski definition) is 6. The number of carbonyl (C=O) groups excluding carboxylic acids is 1. The number of ether oxygens (including phenoxy) is 1. The summed E-state index contributed by atoms with van der Waals surface area (Å²) < 4.78 is 34.8. The van der Waals surface area contributed by atoms with Gasteiger partial charge in [0.05, 0.1) is 4.90 Å². The lowest BCUT2D eigenvalue weighted by atomic mass is 10.1. The maximum absolute atomic E-state index is 12.8. The average molecular weight is 513 g/mol. The average Bonchev–Trinajstić information content (AvgIpc) is 3.18. The Labute approximate surface area is 206 Å². The van der Waals surface area contributed by atoms with Crippen LogP contribution in [0.3, 0.4) is 0 Å². The van der Waals surface area contributed by atoms with Gasteiger partial charge in [-0.1, -0.05) is 56.3 Å². The molecule has 4 aromatic rings. The van der Waals surface area contributed by atoms with Crippen LogP contribution in [-0.4, -0.2) is 31.6 Å². The van der Waals surface area contributed by atoms with E-state index in [0.717, 1.165) is 25.7 Å². The number of aliphatic carboxylic acids is 1. The standard InChI is InChI=1S/C25H24N2O6S2/c1-15(2)23(24(28)29)27-35(31,32)18-9-11-20-19-10-8-17(12-21(19)34-22(20)13-18)26-25(30)33-14-16-6-4-3-5-7-16/h3-13,15,23,27H,14H2,1-2H3,(H,26,30)(H,28,29)/t23-/m0/s1. The summed E-state index contributed by atoms with van der Waals surface area (Å²) in [5, 5.41) is 13.8. The summed E-state index contributed by atoms with van der Waals surface area (Å²) in [6.45, 7) is 3.43. The number of thiophene rings is 1. The molecule has 3 N–H and O–H groups in total. The van der Waals surface area contributed by atoms with Crippen LogP contribution in [0.2, 0.25) is 0 Å². The highest BCUT2D eigenvalue weighted by Crippen LogP contribution is 2.36. The highest BCUT2D eigenvalue weighted by molar-refractivity contribution is 7.89. The van der Waals surface area contributed by atoms with E-state index < -0.39 is 34.0 Å². The highest BCUT2D eigenvalue weighted by atomic mass is 32.2. The SMILES string of the molecule is CC(C)[C@H](NS(=O)(=O)c1ccc2c(c1)sc1cc(NC(=O)OCc3ccccc3)ccc12)C(=O)O. The zero-order valence-corrected chi connectivity index (χ0v) is 20.7. The number of amides is 1. The fourth-order valence-electron chi connectivity index (χ4n) is 3.59. The fourth-order valence-corrected chi connectivity index (χ4v) is 6.21. The number of hydrogen-bond donors (Lipinski definition) is 3. The molecule has 1 atom stereocenters. The third-order valence-electron chi connectivity index (χ3n) is 5.43. The molecule has 1 aromatic heterocycles. The first-order valence-corrected chi connectivity index (χ1v) is 13.1. The van der Waals surface area contributed by atoms with Gasteiger partial charge in [-0.15, -0.1) is 11.3 Å². The molecule has 1 amide bonds. The Hall–Kier alpha value is -3.47. The molecule has 0 saturated heterocycles. The number of carboxylic acids is 1. The molecule has 0 bridgehead atoms. The number of anilines is 1.